The first-order chi connectivity index (χ1) is 8.15. The average molecular weight is 249 g/mol. The number of aliphatic imine (C=N–C) groups is 2. The van der Waals surface area contributed by atoms with Gasteiger partial charge in [0.05, 0.1) is 0 Å². The maximum atomic E-state index is 6.98. The molecule has 0 atom stereocenters. The summed E-state index contributed by atoms with van der Waals surface area (Å²) in [6, 6.07) is 0. The number of nitrogens with one attached hydrogen (secondary N) is 1. The third kappa shape index (κ3) is 7.47. The van der Waals surface area contributed by atoms with Crippen molar-refractivity contribution in [3.8, 4) is 0 Å². The maximum absolute atomic E-state index is 6.98. The van der Waals surface area contributed by atoms with Gasteiger partial charge in [0.15, 0.2) is 0 Å². The van der Waals surface area contributed by atoms with Gasteiger partial charge in [-0.1, -0.05) is 25.5 Å². The molecule has 92 valence electrons. The smallest absolute Gasteiger partial charge is 0.0460 e. The van der Waals surface area contributed by atoms with Crippen molar-refractivity contribution >= 4 is 31.3 Å². The molecular weight excluding hydrogens is 230 g/mol. The molecule has 0 spiro atoms. The van der Waals surface area contributed by atoms with Crippen molar-refractivity contribution < 1.29 is 0 Å². The van der Waals surface area contributed by atoms with Gasteiger partial charge >= 0.3 is 0 Å². The summed E-state index contributed by atoms with van der Waals surface area (Å²) < 4.78 is 0. The normalized spacial score (nSPS) is 14.2. The van der Waals surface area contributed by atoms with Crippen LogP contribution in [0.5, 0.6) is 0 Å². The van der Waals surface area contributed by atoms with E-state index in [1.165, 1.54) is 6.20 Å². The Hall–Kier alpha value is -1.42. The van der Waals surface area contributed by atoms with Gasteiger partial charge in [0, 0.05) is 34.8 Å². The SMILES string of the molecule is C=N/C=C(\C=C/CCC)C(/C)=N\C=C(\S)C=N. The fourth-order valence-electron chi connectivity index (χ4n) is 1.01. The van der Waals surface area contributed by atoms with Crippen LogP contribution in [0, 0.1) is 5.41 Å². The van der Waals surface area contributed by atoms with Crippen LogP contribution >= 0.6 is 12.6 Å². The molecule has 0 radical (unpaired) electrons. The van der Waals surface area contributed by atoms with E-state index in [1.54, 1.807) is 6.20 Å². The first-order valence-corrected chi connectivity index (χ1v) is 5.87. The Balaban J connectivity index is 4.89. The van der Waals surface area contributed by atoms with Gasteiger partial charge in [-0.05, 0) is 20.1 Å². The highest BCUT2D eigenvalue weighted by molar-refractivity contribution is 7.85. The minimum Gasteiger partial charge on any atom is -0.308 e. The summed E-state index contributed by atoms with van der Waals surface area (Å²) in [6.45, 7) is 7.45. The predicted octanol–water partition coefficient (Wildman–Crippen LogP) is 3.81. The van der Waals surface area contributed by atoms with Crippen molar-refractivity contribution in [1.29, 1.82) is 5.41 Å². The van der Waals surface area contributed by atoms with Gasteiger partial charge in [0.25, 0.3) is 0 Å². The largest absolute Gasteiger partial charge is 0.308 e. The second-order valence-corrected chi connectivity index (χ2v) is 3.89. The molecule has 0 fully saturated rings. The minimum atomic E-state index is 0.507. The zero-order valence-electron chi connectivity index (χ0n) is 10.3. The highest BCUT2D eigenvalue weighted by Gasteiger charge is 1.96. The van der Waals surface area contributed by atoms with Gasteiger partial charge in [-0.25, -0.2) is 0 Å². The van der Waals surface area contributed by atoms with Crippen molar-refractivity contribution in [2.75, 3.05) is 0 Å². The van der Waals surface area contributed by atoms with Crippen molar-refractivity contribution in [3.05, 3.63) is 35.0 Å². The molecule has 0 saturated heterocycles. The molecule has 0 rings (SSSR count). The highest BCUT2D eigenvalue weighted by atomic mass is 32.1. The Labute approximate surface area is 109 Å². The number of unbranched alkanes of at least 4 members (excludes halogenated alkanes) is 1. The lowest BCUT2D eigenvalue weighted by Gasteiger charge is -1.99. The van der Waals surface area contributed by atoms with E-state index in [4.69, 9.17) is 5.41 Å². The third-order valence-electron chi connectivity index (χ3n) is 1.94. The van der Waals surface area contributed by atoms with Crippen LogP contribution in [-0.4, -0.2) is 18.6 Å². The highest BCUT2D eigenvalue weighted by Crippen LogP contribution is 2.05. The van der Waals surface area contributed by atoms with Crippen molar-refractivity contribution in [2.24, 2.45) is 9.98 Å². The summed E-state index contributed by atoms with van der Waals surface area (Å²) in [7, 11) is 0. The van der Waals surface area contributed by atoms with Gasteiger partial charge in [-0.15, -0.1) is 12.6 Å². The molecule has 0 bridgehead atoms. The molecule has 0 aliphatic heterocycles. The zero-order valence-corrected chi connectivity index (χ0v) is 11.2. The molecule has 0 aliphatic rings. The molecule has 0 aromatic heterocycles. The quantitative estimate of drug-likeness (QED) is 0.391. The van der Waals surface area contributed by atoms with Gasteiger partial charge in [-0.2, -0.15) is 0 Å². The Bertz CT molecular complexity index is 376. The number of nitrogens with zero attached hydrogens (tertiary/aromatic N) is 2. The van der Waals surface area contributed by atoms with E-state index in [2.05, 4.69) is 42.3 Å². The molecule has 0 saturated carbocycles. The van der Waals surface area contributed by atoms with E-state index < -0.39 is 0 Å². The molecule has 0 unspecified atom stereocenters. The summed E-state index contributed by atoms with van der Waals surface area (Å²) >= 11 is 4.05. The lowest BCUT2D eigenvalue weighted by atomic mass is 10.1. The van der Waals surface area contributed by atoms with Crippen LogP contribution in [0.15, 0.2) is 45.0 Å². The first-order valence-electron chi connectivity index (χ1n) is 5.42. The van der Waals surface area contributed by atoms with Gasteiger partial charge < -0.3 is 5.41 Å². The van der Waals surface area contributed by atoms with Gasteiger partial charge in [0.1, 0.15) is 0 Å². The molecular formula is C13H19N3S. The Morgan fingerprint density at radius 3 is 2.65 bits per heavy atom. The van der Waals surface area contributed by atoms with Gasteiger partial charge in [-0.3, -0.25) is 9.98 Å². The second-order valence-electron chi connectivity index (χ2n) is 3.37. The van der Waals surface area contributed by atoms with E-state index in [9.17, 15) is 0 Å². The Morgan fingerprint density at radius 1 is 1.41 bits per heavy atom. The number of thiol groups is 1. The summed E-state index contributed by atoms with van der Waals surface area (Å²) in [6.07, 6.45) is 10.5. The number of hydrogen-bond donors (Lipinski definition) is 2. The monoisotopic (exact) mass is 249 g/mol. The van der Waals surface area contributed by atoms with Crippen LogP contribution < -0.4 is 0 Å². The molecule has 0 aromatic carbocycles. The Kier molecular flexibility index (Phi) is 8.96. The van der Waals surface area contributed by atoms with Crippen molar-refractivity contribution in [1.82, 2.24) is 0 Å². The summed E-state index contributed by atoms with van der Waals surface area (Å²) in [5.74, 6) is 0. The molecule has 17 heavy (non-hydrogen) atoms. The van der Waals surface area contributed by atoms with E-state index in [0.29, 0.717) is 4.91 Å². The maximum Gasteiger partial charge on any atom is 0.0460 e. The second kappa shape index (κ2) is 9.78. The predicted molar refractivity (Wildman–Crippen MR) is 80.6 cm³/mol. The van der Waals surface area contributed by atoms with E-state index in [1.807, 2.05) is 13.0 Å². The fraction of sp³-hybridized carbons (Fsp3) is 0.308. The minimum absolute atomic E-state index is 0.507. The third-order valence-corrected chi connectivity index (χ3v) is 2.18. The van der Waals surface area contributed by atoms with Crippen molar-refractivity contribution in [3.63, 3.8) is 0 Å². The van der Waals surface area contributed by atoms with Crippen LogP contribution in [0.2, 0.25) is 0 Å². The fourth-order valence-corrected chi connectivity index (χ4v) is 1.06. The molecule has 0 amide bonds. The Morgan fingerprint density at radius 2 is 2.12 bits per heavy atom. The summed E-state index contributed by atoms with van der Waals surface area (Å²) in [5, 5.41) is 6.98. The zero-order chi connectivity index (χ0) is 13.1. The van der Waals surface area contributed by atoms with Gasteiger partial charge in [0.2, 0.25) is 0 Å². The van der Waals surface area contributed by atoms with Crippen molar-refractivity contribution in [2.45, 2.75) is 26.7 Å². The van der Waals surface area contributed by atoms with Crippen LogP contribution in [-0.2, 0) is 0 Å². The average Bonchev–Trinajstić information content (AvgIpc) is 2.34. The lowest BCUT2D eigenvalue weighted by Crippen LogP contribution is -1.93. The number of allylic oxidation sites excluding steroid dienone is 4. The van der Waals surface area contributed by atoms with Crippen LogP contribution in [0.1, 0.15) is 26.7 Å². The van der Waals surface area contributed by atoms with Crippen LogP contribution in [0.3, 0.4) is 0 Å². The summed E-state index contributed by atoms with van der Waals surface area (Å²) in [4.78, 5) is 8.47. The lowest BCUT2D eigenvalue weighted by molar-refractivity contribution is 0.958. The van der Waals surface area contributed by atoms with E-state index in [-0.39, 0.29) is 0 Å². The molecule has 0 aliphatic carbocycles. The van der Waals surface area contributed by atoms with E-state index in [0.717, 1.165) is 30.3 Å². The number of hydrogen-bond acceptors (Lipinski definition) is 4. The molecule has 0 heterocycles. The molecule has 4 heteroatoms. The van der Waals surface area contributed by atoms with E-state index >= 15 is 0 Å². The summed E-state index contributed by atoms with van der Waals surface area (Å²) in [5.41, 5.74) is 1.73. The number of rotatable bonds is 7. The van der Waals surface area contributed by atoms with Crippen LogP contribution in [0.25, 0.3) is 0 Å². The first kappa shape index (κ1) is 15.6. The molecule has 3 nitrogen and oxygen atoms in total. The molecule has 0 aromatic rings. The topological polar surface area (TPSA) is 48.6 Å². The van der Waals surface area contributed by atoms with Crippen LogP contribution in [0.4, 0.5) is 0 Å². The standard InChI is InChI=1S/C13H19N3S/c1-4-5-6-7-12(9-15-3)11(2)16-10-13(17)8-14/h6-10,14,17H,3-5H2,1-2H3/b7-6-,12-9+,13-10+,14-8?,16-11-. The molecule has 1 N–H and O–H groups in total.